The maximum Gasteiger partial charge on any atom is 0.325 e. The Bertz CT molecular complexity index is 1780. The molecule has 0 radical (unpaired) electrons. The minimum atomic E-state index is -0.577. The van der Waals surface area contributed by atoms with Crippen molar-refractivity contribution in [3.63, 3.8) is 0 Å². The number of hydrogen-bond donors (Lipinski definition) is 3. The number of aromatic nitrogens is 3. The van der Waals surface area contributed by atoms with Crippen molar-refractivity contribution in [1.29, 1.82) is 0 Å². The van der Waals surface area contributed by atoms with Crippen LogP contribution in [0.4, 0.5) is 31.5 Å². The van der Waals surface area contributed by atoms with E-state index in [4.69, 9.17) is 9.47 Å². The van der Waals surface area contributed by atoms with Crippen LogP contribution in [-0.4, -0.2) is 84.3 Å². The number of piperazine rings is 1. The topological polar surface area (TPSA) is 117 Å². The van der Waals surface area contributed by atoms with Gasteiger partial charge in [-0.15, -0.1) is 0 Å². The average molecular weight is 617 g/mol. The predicted molar refractivity (Wildman–Crippen MR) is 172 cm³/mol. The molecular weight excluding hydrogens is 583 g/mol. The number of ether oxygens (including phenoxy) is 2. The van der Waals surface area contributed by atoms with Crippen LogP contribution in [0.2, 0.25) is 0 Å². The third kappa shape index (κ3) is 6.96. The second-order valence-corrected chi connectivity index (χ2v) is 11.5. The van der Waals surface area contributed by atoms with E-state index in [9.17, 15) is 9.18 Å². The van der Waals surface area contributed by atoms with Crippen molar-refractivity contribution in [3.05, 3.63) is 66.7 Å². The van der Waals surface area contributed by atoms with E-state index in [1.165, 1.54) is 29.8 Å². The molecule has 0 saturated carbocycles. The highest BCUT2D eigenvalue weighted by Crippen LogP contribution is 2.36. The van der Waals surface area contributed by atoms with Crippen LogP contribution in [0.1, 0.15) is 6.42 Å². The van der Waals surface area contributed by atoms with Gasteiger partial charge in [-0.05, 0) is 49.9 Å². The molecule has 1 aliphatic heterocycles. The molecule has 5 aromatic rings. The summed E-state index contributed by atoms with van der Waals surface area (Å²) >= 11 is 1.30. The molecule has 0 atom stereocenters. The van der Waals surface area contributed by atoms with Crippen molar-refractivity contribution < 1.29 is 18.7 Å². The standard InChI is InChI=1S/C31H33FN8O3S/c1-39-11-13-40(14-12-39)10-5-15-43-27-18-25-21(17-26(27)42-2)29(34-19-33-25)35-20-8-9-24-28(16-20)44-31(37-24)38-30(41)36-23-7-4-3-6-22(23)32/h3-4,6-9,16-19H,5,10-15H2,1-2H3,(H,33,34,35)(H2,36,37,38,41). The molecule has 3 aromatic carbocycles. The first-order valence-corrected chi connectivity index (χ1v) is 15.1. The summed E-state index contributed by atoms with van der Waals surface area (Å²) in [4.78, 5) is 30.6. The molecule has 0 spiro atoms. The highest BCUT2D eigenvalue weighted by Gasteiger charge is 2.16. The molecule has 3 N–H and O–H groups in total. The second-order valence-electron chi connectivity index (χ2n) is 10.5. The summed E-state index contributed by atoms with van der Waals surface area (Å²) < 4.78 is 26.5. The highest BCUT2D eigenvalue weighted by atomic mass is 32.1. The average Bonchev–Trinajstić information content (AvgIpc) is 3.42. The van der Waals surface area contributed by atoms with Gasteiger partial charge in [0.1, 0.15) is 18.0 Å². The molecule has 2 amide bonds. The summed E-state index contributed by atoms with van der Waals surface area (Å²) in [6.07, 6.45) is 2.44. The van der Waals surface area contributed by atoms with Gasteiger partial charge in [0.2, 0.25) is 0 Å². The fourth-order valence-corrected chi connectivity index (χ4v) is 5.88. The molecule has 0 unspecified atom stereocenters. The molecule has 1 fully saturated rings. The lowest BCUT2D eigenvalue weighted by Crippen LogP contribution is -2.44. The van der Waals surface area contributed by atoms with Crippen LogP contribution in [0, 0.1) is 5.82 Å². The van der Waals surface area contributed by atoms with Crippen molar-refractivity contribution in [2.45, 2.75) is 6.42 Å². The van der Waals surface area contributed by atoms with E-state index < -0.39 is 11.8 Å². The number of halogens is 1. The lowest BCUT2D eigenvalue weighted by molar-refractivity contribution is 0.145. The van der Waals surface area contributed by atoms with Gasteiger partial charge < -0.3 is 29.9 Å². The van der Waals surface area contributed by atoms with E-state index in [0.717, 1.165) is 60.4 Å². The summed E-state index contributed by atoms with van der Waals surface area (Å²) in [5, 5.41) is 9.72. The normalized spacial score (nSPS) is 14.1. The molecule has 228 valence electrons. The molecule has 0 bridgehead atoms. The number of likely N-dealkylation sites (N-methyl/N-ethyl adjacent to an activating group) is 1. The van der Waals surface area contributed by atoms with Gasteiger partial charge in [0.05, 0.1) is 35.1 Å². The largest absolute Gasteiger partial charge is 0.493 e. The molecule has 13 heteroatoms. The van der Waals surface area contributed by atoms with E-state index in [1.54, 1.807) is 19.2 Å². The number of urea groups is 1. The molecule has 2 aromatic heterocycles. The molecule has 1 aliphatic rings. The lowest BCUT2D eigenvalue weighted by Gasteiger charge is -2.32. The lowest BCUT2D eigenvalue weighted by atomic mass is 10.2. The second kappa shape index (κ2) is 13.4. The number of carbonyl (C=O) groups excluding carboxylic acids is 1. The smallest absolute Gasteiger partial charge is 0.325 e. The molecule has 1 saturated heterocycles. The number of thiazole rings is 1. The first kappa shape index (κ1) is 29.5. The summed E-state index contributed by atoms with van der Waals surface area (Å²) in [5.74, 6) is 1.35. The Kier molecular flexibility index (Phi) is 8.96. The van der Waals surface area contributed by atoms with Crippen molar-refractivity contribution in [1.82, 2.24) is 24.8 Å². The van der Waals surface area contributed by atoms with E-state index in [0.29, 0.717) is 34.6 Å². The molecular formula is C31H33FN8O3S. The number of fused-ring (bicyclic) bond motifs is 2. The zero-order valence-corrected chi connectivity index (χ0v) is 25.3. The summed E-state index contributed by atoms with van der Waals surface area (Å²) in [5.41, 5.74) is 2.31. The Labute approximate surface area is 258 Å². The number of anilines is 4. The number of para-hydroxylation sites is 1. The first-order valence-electron chi connectivity index (χ1n) is 14.3. The van der Waals surface area contributed by atoms with Crippen molar-refractivity contribution >= 4 is 60.8 Å². The van der Waals surface area contributed by atoms with Gasteiger partial charge >= 0.3 is 6.03 Å². The first-order chi connectivity index (χ1) is 21.4. The number of nitrogens with zero attached hydrogens (tertiary/aromatic N) is 5. The molecule has 6 rings (SSSR count). The Balaban J connectivity index is 1.12. The van der Waals surface area contributed by atoms with Crippen LogP contribution in [0.3, 0.4) is 0 Å². The maximum atomic E-state index is 13.9. The van der Waals surface area contributed by atoms with Gasteiger partial charge in [-0.1, -0.05) is 23.5 Å². The fraction of sp³-hybridized carbons (Fsp3) is 0.290. The van der Waals surface area contributed by atoms with Gasteiger partial charge in [-0.3, -0.25) is 5.32 Å². The number of hydrogen-bond acceptors (Lipinski definition) is 10. The van der Waals surface area contributed by atoms with Gasteiger partial charge in [0.15, 0.2) is 16.6 Å². The SMILES string of the molecule is COc1cc2c(Nc3ccc4nc(NC(=O)Nc5ccccc5F)sc4c3)ncnc2cc1OCCCN1CCN(C)CC1. The number of rotatable bonds is 10. The van der Waals surface area contributed by atoms with Crippen LogP contribution in [0.5, 0.6) is 11.5 Å². The Morgan fingerprint density at radius 2 is 1.84 bits per heavy atom. The predicted octanol–water partition coefficient (Wildman–Crippen LogP) is 5.79. The van der Waals surface area contributed by atoms with Gasteiger partial charge in [0, 0.05) is 49.9 Å². The van der Waals surface area contributed by atoms with E-state index in [-0.39, 0.29) is 5.69 Å². The van der Waals surface area contributed by atoms with Crippen LogP contribution < -0.4 is 25.4 Å². The van der Waals surface area contributed by atoms with E-state index >= 15 is 0 Å². The van der Waals surface area contributed by atoms with Gasteiger partial charge in [0.25, 0.3) is 0 Å². The summed E-state index contributed by atoms with van der Waals surface area (Å²) in [6, 6.07) is 14.8. The van der Waals surface area contributed by atoms with Crippen molar-refractivity contribution in [2.24, 2.45) is 0 Å². The quantitative estimate of drug-likeness (QED) is 0.168. The minimum absolute atomic E-state index is 0.0891. The third-order valence-corrected chi connectivity index (χ3v) is 8.32. The number of methoxy groups -OCH3 is 1. The zero-order chi connectivity index (χ0) is 30.5. The number of amides is 2. The van der Waals surface area contributed by atoms with Crippen molar-refractivity contribution in [2.75, 3.05) is 69.4 Å². The Morgan fingerprint density at radius 1 is 1.00 bits per heavy atom. The maximum absolute atomic E-state index is 13.9. The van der Waals surface area contributed by atoms with Gasteiger partial charge in [-0.25, -0.2) is 24.1 Å². The molecule has 11 nitrogen and oxygen atoms in total. The summed E-state index contributed by atoms with van der Waals surface area (Å²) in [6.45, 7) is 5.96. The number of carbonyl (C=O) groups is 1. The monoisotopic (exact) mass is 616 g/mol. The Hall–Kier alpha value is -4.59. The van der Waals surface area contributed by atoms with E-state index in [2.05, 4.69) is 47.7 Å². The van der Waals surface area contributed by atoms with E-state index in [1.807, 2.05) is 30.3 Å². The van der Waals surface area contributed by atoms with Gasteiger partial charge in [-0.2, -0.15) is 0 Å². The summed E-state index contributed by atoms with van der Waals surface area (Å²) in [7, 11) is 3.78. The molecule has 3 heterocycles. The fourth-order valence-electron chi connectivity index (χ4n) is 4.98. The van der Waals surface area contributed by atoms with Crippen LogP contribution >= 0.6 is 11.3 Å². The number of nitrogens with one attached hydrogen (secondary N) is 3. The van der Waals surface area contributed by atoms with Crippen LogP contribution in [0.25, 0.3) is 21.1 Å². The molecule has 44 heavy (non-hydrogen) atoms. The van der Waals surface area contributed by atoms with Crippen molar-refractivity contribution in [3.8, 4) is 11.5 Å². The Morgan fingerprint density at radius 3 is 2.66 bits per heavy atom. The number of benzene rings is 3. The zero-order valence-electron chi connectivity index (χ0n) is 24.5. The highest BCUT2D eigenvalue weighted by molar-refractivity contribution is 7.22. The molecule has 0 aliphatic carbocycles. The minimum Gasteiger partial charge on any atom is -0.493 e. The van der Waals surface area contributed by atoms with Crippen LogP contribution in [-0.2, 0) is 0 Å². The third-order valence-electron chi connectivity index (χ3n) is 7.39. The van der Waals surface area contributed by atoms with Crippen LogP contribution in [0.15, 0.2) is 60.9 Å².